The van der Waals surface area contributed by atoms with Gasteiger partial charge in [0.1, 0.15) is 0 Å². The summed E-state index contributed by atoms with van der Waals surface area (Å²) in [6, 6.07) is 16.1. The molecule has 0 saturated carbocycles. The summed E-state index contributed by atoms with van der Waals surface area (Å²) < 4.78 is 0. The Kier molecular flexibility index (Phi) is 4.62. The average molecular weight is 312 g/mol. The first-order chi connectivity index (χ1) is 10.8. The highest BCUT2D eigenvalue weighted by Crippen LogP contribution is 2.31. The fraction of sp³-hybridized carbons (Fsp3) is 0.278. The second-order valence-corrected chi connectivity index (χ2v) is 5.98. The van der Waals surface area contributed by atoms with Crippen molar-refractivity contribution in [3.8, 4) is 6.07 Å². The van der Waals surface area contributed by atoms with Crippen molar-refractivity contribution < 1.29 is 0 Å². The highest BCUT2D eigenvalue weighted by molar-refractivity contribution is 6.21. The average Bonchev–Trinajstić information content (AvgIpc) is 2.76. The first kappa shape index (κ1) is 14.9. The summed E-state index contributed by atoms with van der Waals surface area (Å²) in [5.41, 5.74) is 5.52. The zero-order valence-corrected chi connectivity index (χ0v) is 13.0. The van der Waals surface area contributed by atoms with Crippen LogP contribution in [0.2, 0.25) is 0 Å². The van der Waals surface area contributed by atoms with E-state index in [1.807, 2.05) is 24.3 Å². The van der Waals surface area contributed by atoms with Gasteiger partial charge in [0.2, 0.25) is 0 Å². The van der Waals surface area contributed by atoms with Gasteiger partial charge in [-0.3, -0.25) is 0 Å². The maximum atomic E-state index is 8.84. The Hall–Kier alpha value is -2.02. The van der Waals surface area contributed by atoms with Gasteiger partial charge in [0.15, 0.2) is 0 Å². The maximum Gasteiger partial charge on any atom is 0.0991 e. The molecular formula is C18H18ClN3. The zero-order valence-electron chi connectivity index (χ0n) is 12.3. The molecule has 2 aromatic rings. The number of fused-ring (bicyclic) bond motifs is 1. The van der Waals surface area contributed by atoms with E-state index in [9.17, 15) is 0 Å². The molecule has 3 rings (SSSR count). The maximum absolute atomic E-state index is 8.84. The molecule has 0 aromatic heterocycles. The number of hydrogen-bond acceptors (Lipinski definition) is 3. The summed E-state index contributed by atoms with van der Waals surface area (Å²) in [6.45, 7) is 2.50. The van der Waals surface area contributed by atoms with Crippen LogP contribution in [0.25, 0.3) is 0 Å². The van der Waals surface area contributed by atoms with Gasteiger partial charge >= 0.3 is 0 Å². The number of anilines is 1. The Morgan fingerprint density at radius 3 is 2.82 bits per heavy atom. The van der Waals surface area contributed by atoms with Crippen molar-refractivity contribution in [1.82, 2.24) is 5.32 Å². The Balaban J connectivity index is 1.78. The quantitative estimate of drug-likeness (QED) is 0.852. The van der Waals surface area contributed by atoms with E-state index in [2.05, 4.69) is 34.9 Å². The minimum absolute atomic E-state index is 0.0224. The van der Waals surface area contributed by atoms with Crippen molar-refractivity contribution in [2.45, 2.75) is 18.3 Å². The molecule has 1 heterocycles. The normalized spacial score (nSPS) is 17.2. The lowest BCUT2D eigenvalue weighted by molar-refractivity contribution is 0.700. The number of hydrogen-bond donors (Lipinski definition) is 2. The van der Waals surface area contributed by atoms with E-state index in [-0.39, 0.29) is 5.38 Å². The third-order valence-electron chi connectivity index (χ3n) is 3.99. The van der Waals surface area contributed by atoms with E-state index in [0.29, 0.717) is 5.56 Å². The second-order valence-electron chi connectivity index (χ2n) is 5.46. The van der Waals surface area contributed by atoms with Crippen LogP contribution in [0.5, 0.6) is 0 Å². The van der Waals surface area contributed by atoms with Crippen molar-refractivity contribution in [2.24, 2.45) is 0 Å². The van der Waals surface area contributed by atoms with Crippen LogP contribution in [-0.2, 0) is 13.0 Å². The monoisotopic (exact) mass is 311 g/mol. The van der Waals surface area contributed by atoms with Gasteiger partial charge in [-0.2, -0.15) is 5.26 Å². The molecule has 1 aliphatic heterocycles. The smallest absolute Gasteiger partial charge is 0.0991 e. The largest absolute Gasteiger partial charge is 0.381 e. The molecule has 1 unspecified atom stereocenters. The van der Waals surface area contributed by atoms with Crippen LogP contribution in [0, 0.1) is 11.3 Å². The van der Waals surface area contributed by atoms with Gasteiger partial charge in [0.05, 0.1) is 17.0 Å². The van der Waals surface area contributed by atoms with Crippen molar-refractivity contribution in [1.29, 1.82) is 5.26 Å². The number of nitriles is 1. The molecule has 0 amide bonds. The summed E-state index contributed by atoms with van der Waals surface area (Å²) in [5, 5.41) is 15.7. The van der Waals surface area contributed by atoms with E-state index in [0.717, 1.165) is 37.3 Å². The standard InChI is InChI=1S/C18H18ClN3/c19-17-12-21-9-8-16-15(17)2-1-3-18(16)22-11-14-6-4-13(10-20)5-7-14/h1-7,17,21-22H,8-9,11-12H2. The van der Waals surface area contributed by atoms with Gasteiger partial charge in [0.25, 0.3) is 0 Å². The van der Waals surface area contributed by atoms with E-state index in [1.54, 1.807) is 0 Å². The van der Waals surface area contributed by atoms with E-state index >= 15 is 0 Å². The Labute approximate surface area is 135 Å². The van der Waals surface area contributed by atoms with E-state index in [1.165, 1.54) is 11.1 Å². The minimum Gasteiger partial charge on any atom is -0.381 e. The van der Waals surface area contributed by atoms with Crippen molar-refractivity contribution in [3.05, 3.63) is 64.7 Å². The van der Waals surface area contributed by atoms with E-state index < -0.39 is 0 Å². The molecule has 0 fully saturated rings. The SMILES string of the molecule is N#Cc1ccc(CNc2cccc3c2CCNCC3Cl)cc1. The van der Waals surface area contributed by atoms with Crippen molar-refractivity contribution in [3.63, 3.8) is 0 Å². The first-order valence-electron chi connectivity index (χ1n) is 7.47. The number of benzene rings is 2. The number of halogens is 1. The van der Waals surface area contributed by atoms with Crippen LogP contribution in [-0.4, -0.2) is 13.1 Å². The van der Waals surface area contributed by atoms with Crippen LogP contribution in [0.3, 0.4) is 0 Å². The zero-order chi connectivity index (χ0) is 15.4. The summed E-state index contributed by atoms with van der Waals surface area (Å²) in [4.78, 5) is 0. The first-order valence-corrected chi connectivity index (χ1v) is 7.91. The molecule has 22 heavy (non-hydrogen) atoms. The molecule has 0 radical (unpaired) electrons. The lowest BCUT2D eigenvalue weighted by Crippen LogP contribution is -2.17. The predicted molar refractivity (Wildman–Crippen MR) is 90.1 cm³/mol. The van der Waals surface area contributed by atoms with Crippen LogP contribution in [0.1, 0.15) is 27.6 Å². The molecule has 2 aromatic carbocycles. The highest BCUT2D eigenvalue weighted by atomic mass is 35.5. The van der Waals surface area contributed by atoms with Gasteiger partial charge in [-0.1, -0.05) is 24.3 Å². The summed E-state index contributed by atoms with van der Waals surface area (Å²) >= 11 is 6.45. The third kappa shape index (κ3) is 3.24. The van der Waals surface area contributed by atoms with Gasteiger partial charge in [-0.15, -0.1) is 11.6 Å². The molecule has 1 aliphatic rings. The molecule has 4 heteroatoms. The predicted octanol–water partition coefficient (Wildman–Crippen LogP) is 3.60. The molecule has 0 spiro atoms. The number of rotatable bonds is 3. The van der Waals surface area contributed by atoms with E-state index in [4.69, 9.17) is 16.9 Å². The highest BCUT2D eigenvalue weighted by Gasteiger charge is 2.18. The minimum atomic E-state index is 0.0224. The lowest BCUT2D eigenvalue weighted by atomic mass is 10.0. The Morgan fingerprint density at radius 2 is 2.05 bits per heavy atom. The summed E-state index contributed by atoms with van der Waals surface area (Å²) in [6.07, 6.45) is 0.981. The molecule has 2 N–H and O–H groups in total. The molecule has 0 saturated heterocycles. The fourth-order valence-electron chi connectivity index (χ4n) is 2.79. The Morgan fingerprint density at radius 1 is 1.23 bits per heavy atom. The van der Waals surface area contributed by atoms with Gasteiger partial charge < -0.3 is 10.6 Å². The van der Waals surface area contributed by atoms with Crippen LogP contribution >= 0.6 is 11.6 Å². The fourth-order valence-corrected chi connectivity index (χ4v) is 3.10. The molecule has 0 aliphatic carbocycles. The van der Waals surface area contributed by atoms with Gasteiger partial charge in [0, 0.05) is 18.8 Å². The summed E-state index contributed by atoms with van der Waals surface area (Å²) in [5.74, 6) is 0. The second kappa shape index (κ2) is 6.83. The van der Waals surface area contributed by atoms with Crippen LogP contribution in [0.15, 0.2) is 42.5 Å². The van der Waals surface area contributed by atoms with Crippen LogP contribution in [0.4, 0.5) is 5.69 Å². The van der Waals surface area contributed by atoms with Crippen LogP contribution < -0.4 is 10.6 Å². The number of alkyl halides is 1. The number of nitrogens with one attached hydrogen (secondary N) is 2. The molecule has 3 nitrogen and oxygen atoms in total. The topological polar surface area (TPSA) is 47.9 Å². The summed E-state index contributed by atoms with van der Waals surface area (Å²) in [7, 11) is 0. The molecular weight excluding hydrogens is 294 g/mol. The van der Waals surface area contributed by atoms with Crippen molar-refractivity contribution in [2.75, 3.05) is 18.4 Å². The molecule has 1 atom stereocenters. The lowest BCUT2D eigenvalue weighted by Gasteiger charge is -2.16. The van der Waals surface area contributed by atoms with Gasteiger partial charge in [-0.05, 0) is 47.9 Å². The van der Waals surface area contributed by atoms with Gasteiger partial charge in [-0.25, -0.2) is 0 Å². The molecule has 112 valence electrons. The third-order valence-corrected chi connectivity index (χ3v) is 4.38. The molecule has 0 bridgehead atoms. The van der Waals surface area contributed by atoms with Crippen molar-refractivity contribution >= 4 is 17.3 Å². The Bertz CT molecular complexity index is 688. The number of nitrogens with zero attached hydrogens (tertiary/aromatic N) is 1.